The van der Waals surface area contributed by atoms with Gasteiger partial charge in [-0.15, -0.1) is 0 Å². The largest absolute Gasteiger partial charge is 0.484 e. The van der Waals surface area contributed by atoms with Crippen molar-refractivity contribution >= 4 is 5.91 Å². The standard InChI is InChI=1S/C14H19F3N2O2/c1-9-3-4-11(7-19-13(20)10(2)6-18)12(5-9)21-8-14(15,16)17/h3-5,10H,6-8,18H2,1-2H3,(H,19,20). The molecule has 0 bridgehead atoms. The van der Waals surface area contributed by atoms with Crippen LogP contribution in [0.15, 0.2) is 18.2 Å². The molecule has 0 aliphatic carbocycles. The van der Waals surface area contributed by atoms with Crippen LogP contribution in [0.1, 0.15) is 18.1 Å². The number of carbonyl (C=O) groups is 1. The van der Waals surface area contributed by atoms with E-state index in [2.05, 4.69) is 5.32 Å². The number of alkyl halides is 3. The Morgan fingerprint density at radius 2 is 2.10 bits per heavy atom. The summed E-state index contributed by atoms with van der Waals surface area (Å²) in [6, 6.07) is 4.89. The Labute approximate surface area is 121 Å². The SMILES string of the molecule is Cc1ccc(CNC(=O)C(C)CN)c(OCC(F)(F)F)c1. The van der Waals surface area contributed by atoms with E-state index in [0.717, 1.165) is 5.56 Å². The van der Waals surface area contributed by atoms with Crippen LogP contribution in [0.3, 0.4) is 0 Å². The van der Waals surface area contributed by atoms with E-state index in [9.17, 15) is 18.0 Å². The van der Waals surface area contributed by atoms with Crippen LogP contribution in [0.25, 0.3) is 0 Å². The van der Waals surface area contributed by atoms with Gasteiger partial charge in [-0.25, -0.2) is 0 Å². The number of nitrogens with two attached hydrogens (primary N) is 1. The summed E-state index contributed by atoms with van der Waals surface area (Å²) in [6.45, 7) is 2.36. The van der Waals surface area contributed by atoms with Crippen molar-refractivity contribution in [2.75, 3.05) is 13.2 Å². The molecule has 0 aliphatic rings. The molecule has 118 valence electrons. The lowest BCUT2D eigenvalue weighted by atomic mass is 10.1. The average molecular weight is 304 g/mol. The van der Waals surface area contributed by atoms with E-state index in [1.807, 2.05) is 0 Å². The second-order valence-electron chi connectivity index (χ2n) is 4.87. The number of aryl methyl sites for hydroxylation is 1. The Morgan fingerprint density at radius 1 is 1.43 bits per heavy atom. The van der Waals surface area contributed by atoms with Gasteiger partial charge in [-0.05, 0) is 18.6 Å². The van der Waals surface area contributed by atoms with Gasteiger partial charge >= 0.3 is 6.18 Å². The molecule has 0 saturated carbocycles. The number of benzene rings is 1. The Hall–Kier alpha value is -1.76. The number of carbonyl (C=O) groups excluding carboxylic acids is 1. The maximum Gasteiger partial charge on any atom is 0.422 e. The fourth-order valence-corrected chi connectivity index (χ4v) is 1.57. The van der Waals surface area contributed by atoms with Gasteiger partial charge in [0, 0.05) is 24.6 Å². The first-order valence-corrected chi connectivity index (χ1v) is 6.50. The zero-order valence-electron chi connectivity index (χ0n) is 12.0. The van der Waals surface area contributed by atoms with Crippen LogP contribution in [0.2, 0.25) is 0 Å². The van der Waals surface area contributed by atoms with Crippen molar-refractivity contribution < 1.29 is 22.7 Å². The second kappa shape index (κ2) is 7.31. The van der Waals surface area contributed by atoms with Gasteiger partial charge in [0.1, 0.15) is 5.75 Å². The molecule has 0 spiro atoms. The zero-order valence-corrected chi connectivity index (χ0v) is 12.0. The van der Waals surface area contributed by atoms with E-state index in [1.165, 1.54) is 6.07 Å². The number of nitrogens with one attached hydrogen (secondary N) is 1. The molecule has 1 unspecified atom stereocenters. The summed E-state index contributed by atoms with van der Waals surface area (Å²) in [5.41, 5.74) is 6.64. The first kappa shape index (κ1) is 17.3. The maximum atomic E-state index is 12.2. The number of rotatable bonds is 6. The minimum Gasteiger partial charge on any atom is -0.484 e. The fraction of sp³-hybridized carbons (Fsp3) is 0.500. The summed E-state index contributed by atoms with van der Waals surface area (Å²) >= 11 is 0. The van der Waals surface area contributed by atoms with Crippen LogP contribution in [0.4, 0.5) is 13.2 Å². The van der Waals surface area contributed by atoms with Crippen LogP contribution in [-0.4, -0.2) is 25.2 Å². The summed E-state index contributed by atoms with van der Waals surface area (Å²) in [5, 5.41) is 2.63. The van der Waals surface area contributed by atoms with Crippen LogP contribution in [0, 0.1) is 12.8 Å². The summed E-state index contributed by atoms with van der Waals surface area (Å²) < 4.78 is 41.5. The average Bonchev–Trinajstić information content (AvgIpc) is 2.41. The van der Waals surface area contributed by atoms with Gasteiger partial charge in [0.05, 0.1) is 0 Å². The van der Waals surface area contributed by atoms with Crippen molar-refractivity contribution in [3.8, 4) is 5.75 Å². The third kappa shape index (κ3) is 6.03. The lowest BCUT2D eigenvalue weighted by Gasteiger charge is -2.15. The number of amides is 1. The third-order valence-electron chi connectivity index (χ3n) is 2.87. The van der Waals surface area contributed by atoms with Gasteiger partial charge < -0.3 is 15.8 Å². The zero-order chi connectivity index (χ0) is 16.0. The number of hydrogen-bond donors (Lipinski definition) is 2. The molecule has 0 heterocycles. The second-order valence-corrected chi connectivity index (χ2v) is 4.87. The lowest BCUT2D eigenvalue weighted by molar-refractivity contribution is -0.153. The van der Waals surface area contributed by atoms with Crippen molar-refractivity contribution in [2.45, 2.75) is 26.6 Å². The smallest absolute Gasteiger partial charge is 0.422 e. The molecule has 1 aromatic carbocycles. The van der Waals surface area contributed by atoms with Gasteiger partial charge in [-0.2, -0.15) is 13.2 Å². The molecule has 3 N–H and O–H groups in total. The van der Waals surface area contributed by atoms with Crippen LogP contribution in [-0.2, 0) is 11.3 Å². The number of halogens is 3. The Kier molecular flexibility index (Phi) is 6.02. The summed E-state index contributed by atoms with van der Waals surface area (Å²) in [6.07, 6.45) is -4.40. The minimum absolute atomic E-state index is 0.0939. The summed E-state index contributed by atoms with van der Waals surface area (Å²) in [5.74, 6) is -0.483. The Bertz CT molecular complexity index is 490. The topological polar surface area (TPSA) is 64.4 Å². The van der Waals surface area contributed by atoms with Gasteiger partial charge in [0.25, 0.3) is 0 Å². The Morgan fingerprint density at radius 3 is 2.67 bits per heavy atom. The molecular weight excluding hydrogens is 285 g/mol. The highest BCUT2D eigenvalue weighted by atomic mass is 19.4. The van der Waals surface area contributed by atoms with E-state index >= 15 is 0 Å². The first-order valence-electron chi connectivity index (χ1n) is 6.50. The Balaban J connectivity index is 2.75. The van der Waals surface area contributed by atoms with Crippen LogP contribution >= 0.6 is 0 Å². The van der Waals surface area contributed by atoms with Gasteiger partial charge in [-0.1, -0.05) is 19.1 Å². The molecule has 21 heavy (non-hydrogen) atoms. The summed E-state index contributed by atoms with van der Waals surface area (Å²) in [7, 11) is 0. The van der Waals surface area contributed by atoms with Gasteiger partial charge in [-0.3, -0.25) is 4.79 Å². The summed E-state index contributed by atoms with van der Waals surface area (Å²) in [4.78, 5) is 11.6. The molecule has 0 aliphatic heterocycles. The van der Waals surface area contributed by atoms with E-state index in [-0.39, 0.29) is 30.7 Å². The van der Waals surface area contributed by atoms with E-state index < -0.39 is 12.8 Å². The predicted molar refractivity (Wildman–Crippen MR) is 72.8 cm³/mol. The molecule has 1 rings (SSSR count). The highest BCUT2D eigenvalue weighted by Crippen LogP contribution is 2.23. The normalized spacial score (nSPS) is 12.9. The molecule has 0 fully saturated rings. The maximum absolute atomic E-state index is 12.2. The highest BCUT2D eigenvalue weighted by Gasteiger charge is 2.28. The van der Waals surface area contributed by atoms with E-state index in [4.69, 9.17) is 10.5 Å². The molecule has 7 heteroatoms. The molecular formula is C14H19F3N2O2. The fourth-order valence-electron chi connectivity index (χ4n) is 1.57. The van der Waals surface area contributed by atoms with Crippen molar-refractivity contribution in [3.05, 3.63) is 29.3 Å². The van der Waals surface area contributed by atoms with E-state index in [1.54, 1.807) is 26.0 Å². The monoisotopic (exact) mass is 304 g/mol. The van der Waals surface area contributed by atoms with Gasteiger partial charge in [0.15, 0.2) is 6.61 Å². The molecule has 1 amide bonds. The predicted octanol–water partition coefficient (Wildman–Crippen LogP) is 2.15. The highest BCUT2D eigenvalue weighted by molar-refractivity contribution is 5.78. The number of ether oxygens (including phenoxy) is 1. The van der Waals surface area contributed by atoms with Gasteiger partial charge in [0.2, 0.25) is 5.91 Å². The molecule has 0 aromatic heterocycles. The van der Waals surface area contributed by atoms with Crippen LogP contribution < -0.4 is 15.8 Å². The minimum atomic E-state index is -4.40. The quantitative estimate of drug-likeness (QED) is 0.846. The third-order valence-corrected chi connectivity index (χ3v) is 2.87. The van der Waals surface area contributed by atoms with Crippen molar-refractivity contribution in [3.63, 3.8) is 0 Å². The number of hydrogen-bond acceptors (Lipinski definition) is 3. The van der Waals surface area contributed by atoms with Crippen LogP contribution in [0.5, 0.6) is 5.75 Å². The molecule has 0 saturated heterocycles. The molecule has 1 aromatic rings. The van der Waals surface area contributed by atoms with Crippen molar-refractivity contribution in [1.82, 2.24) is 5.32 Å². The van der Waals surface area contributed by atoms with Crippen molar-refractivity contribution in [2.24, 2.45) is 11.7 Å². The molecule has 1 atom stereocenters. The van der Waals surface area contributed by atoms with E-state index in [0.29, 0.717) is 5.56 Å². The lowest BCUT2D eigenvalue weighted by Crippen LogP contribution is -2.33. The molecule has 4 nitrogen and oxygen atoms in total. The molecule has 0 radical (unpaired) electrons. The first-order chi connectivity index (χ1) is 9.73. The van der Waals surface area contributed by atoms with Crippen molar-refractivity contribution in [1.29, 1.82) is 0 Å².